The molecule has 0 bridgehead atoms. The number of aryl methyl sites for hydroxylation is 1. The first-order chi connectivity index (χ1) is 16.9. The average Bonchev–Trinajstić information content (AvgIpc) is 3.34. The molecule has 0 saturated heterocycles. The predicted octanol–water partition coefficient (Wildman–Crippen LogP) is 4.58. The van der Waals surface area contributed by atoms with Crippen LogP contribution in [0.25, 0.3) is 17.1 Å². The lowest BCUT2D eigenvalue weighted by molar-refractivity contribution is -0.115. The molecule has 4 rings (SSSR count). The van der Waals surface area contributed by atoms with Crippen molar-refractivity contribution in [3.8, 4) is 17.1 Å². The molecule has 1 N–H and O–H groups in total. The largest absolute Gasteiger partial charge is 0.320 e. The highest BCUT2D eigenvalue weighted by Gasteiger charge is 2.19. The van der Waals surface area contributed by atoms with E-state index in [1.165, 1.54) is 17.3 Å². The number of hydrogen-bond donors (Lipinski definition) is 1. The number of thioether (sulfide) groups is 1. The molecular formula is C26H30N6O2S. The number of nitrogens with zero attached hydrogens (tertiary/aromatic N) is 5. The Morgan fingerprint density at radius 3 is 2.54 bits per heavy atom. The lowest BCUT2D eigenvalue weighted by Gasteiger charge is -2.09. The highest BCUT2D eigenvalue weighted by atomic mass is 32.2. The molecule has 2 aromatic heterocycles. The van der Waals surface area contributed by atoms with E-state index in [1.54, 1.807) is 9.36 Å². The summed E-state index contributed by atoms with van der Waals surface area (Å²) in [5, 5.41) is 12.4. The van der Waals surface area contributed by atoms with Gasteiger partial charge < -0.3 is 9.88 Å². The zero-order valence-corrected chi connectivity index (χ0v) is 21.3. The Labute approximate surface area is 209 Å². The Morgan fingerprint density at radius 1 is 1.06 bits per heavy atom. The maximum atomic E-state index is 13.0. The van der Waals surface area contributed by atoms with Crippen molar-refractivity contribution in [2.24, 2.45) is 7.05 Å². The summed E-state index contributed by atoms with van der Waals surface area (Å²) in [4.78, 5) is 25.7. The minimum absolute atomic E-state index is 0.205. The van der Waals surface area contributed by atoms with E-state index >= 15 is 0 Å². The van der Waals surface area contributed by atoms with Crippen molar-refractivity contribution >= 4 is 23.4 Å². The van der Waals surface area contributed by atoms with E-state index in [2.05, 4.69) is 46.1 Å². The van der Waals surface area contributed by atoms with Crippen molar-refractivity contribution < 1.29 is 4.79 Å². The van der Waals surface area contributed by atoms with Crippen molar-refractivity contribution in [2.75, 3.05) is 11.1 Å². The third kappa shape index (κ3) is 5.24. The second-order valence-corrected chi connectivity index (χ2v) is 9.47. The van der Waals surface area contributed by atoms with E-state index in [9.17, 15) is 9.59 Å². The van der Waals surface area contributed by atoms with Gasteiger partial charge in [-0.25, -0.2) is 4.68 Å². The SMILES string of the molecule is CCCn1c(SCCC(=O)Nc2c(C)n(C)n(-c3ccccc3)c2=O)nnc1-c1cccc(C)c1. The number of anilines is 1. The molecule has 0 atom stereocenters. The molecule has 182 valence electrons. The van der Waals surface area contributed by atoms with E-state index in [0.29, 0.717) is 17.1 Å². The van der Waals surface area contributed by atoms with Gasteiger partial charge in [0.1, 0.15) is 5.69 Å². The third-order valence-corrected chi connectivity index (χ3v) is 6.79. The maximum Gasteiger partial charge on any atom is 0.295 e. The molecule has 0 fully saturated rings. The second kappa shape index (κ2) is 10.8. The molecule has 0 spiro atoms. The summed E-state index contributed by atoms with van der Waals surface area (Å²) in [5.41, 5.74) is 3.71. The van der Waals surface area contributed by atoms with Crippen molar-refractivity contribution in [1.29, 1.82) is 0 Å². The fourth-order valence-corrected chi connectivity index (χ4v) is 4.87. The second-order valence-electron chi connectivity index (χ2n) is 8.41. The Hall–Kier alpha value is -3.59. The molecule has 35 heavy (non-hydrogen) atoms. The first-order valence-corrected chi connectivity index (χ1v) is 12.7. The Morgan fingerprint density at radius 2 is 1.83 bits per heavy atom. The highest BCUT2D eigenvalue weighted by molar-refractivity contribution is 7.99. The van der Waals surface area contributed by atoms with Crippen LogP contribution in [0.3, 0.4) is 0 Å². The van der Waals surface area contributed by atoms with Gasteiger partial charge in [0.05, 0.1) is 11.4 Å². The molecule has 9 heteroatoms. The standard InChI is InChI=1S/C26H30N6O2S/c1-5-15-31-24(20-11-9-10-18(2)17-20)28-29-26(31)35-16-14-22(33)27-23-19(3)30(4)32(25(23)34)21-12-7-6-8-13-21/h6-13,17H,5,14-16H2,1-4H3,(H,27,33). The normalized spacial score (nSPS) is 11.1. The number of carbonyl (C=O) groups excluding carboxylic acids is 1. The van der Waals surface area contributed by atoms with Crippen LogP contribution >= 0.6 is 11.8 Å². The van der Waals surface area contributed by atoms with Gasteiger partial charge in [-0.2, -0.15) is 0 Å². The molecule has 0 aliphatic heterocycles. The summed E-state index contributed by atoms with van der Waals surface area (Å²) >= 11 is 1.50. The summed E-state index contributed by atoms with van der Waals surface area (Å²) in [6, 6.07) is 17.6. The van der Waals surface area contributed by atoms with Crippen LogP contribution in [0, 0.1) is 13.8 Å². The Balaban J connectivity index is 1.44. The van der Waals surface area contributed by atoms with Crippen molar-refractivity contribution in [1.82, 2.24) is 24.1 Å². The molecule has 0 aliphatic carbocycles. The van der Waals surface area contributed by atoms with Crippen LogP contribution in [0.15, 0.2) is 64.5 Å². The maximum absolute atomic E-state index is 13.0. The molecule has 0 unspecified atom stereocenters. The molecule has 0 radical (unpaired) electrons. The number of para-hydroxylation sites is 1. The van der Waals surface area contributed by atoms with Gasteiger partial charge in [0, 0.05) is 31.3 Å². The molecule has 8 nitrogen and oxygen atoms in total. The molecule has 4 aromatic rings. The quantitative estimate of drug-likeness (QED) is 0.347. The van der Waals surface area contributed by atoms with E-state index < -0.39 is 0 Å². The van der Waals surface area contributed by atoms with Gasteiger partial charge in [-0.1, -0.05) is 60.6 Å². The lowest BCUT2D eigenvalue weighted by Crippen LogP contribution is -2.23. The van der Waals surface area contributed by atoms with Crippen LogP contribution in [0.2, 0.25) is 0 Å². The van der Waals surface area contributed by atoms with Gasteiger partial charge in [-0.15, -0.1) is 10.2 Å². The fraction of sp³-hybridized carbons (Fsp3) is 0.308. The summed E-state index contributed by atoms with van der Waals surface area (Å²) < 4.78 is 5.42. The minimum atomic E-state index is -0.248. The number of benzene rings is 2. The zero-order valence-electron chi connectivity index (χ0n) is 20.5. The highest BCUT2D eigenvalue weighted by Crippen LogP contribution is 2.25. The Bertz CT molecular complexity index is 1390. The molecule has 0 aliphatic rings. The molecule has 2 heterocycles. The molecular weight excluding hydrogens is 460 g/mol. The van der Waals surface area contributed by atoms with Gasteiger partial charge in [0.2, 0.25) is 5.91 Å². The first kappa shape index (κ1) is 24.5. The molecule has 2 aromatic carbocycles. The zero-order chi connectivity index (χ0) is 24.9. The summed E-state index contributed by atoms with van der Waals surface area (Å²) in [6.07, 6.45) is 1.20. The van der Waals surface area contributed by atoms with Gasteiger partial charge >= 0.3 is 0 Å². The van der Waals surface area contributed by atoms with Gasteiger partial charge in [0.25, 0.3) is 5.56 Å². The van der Waals surface area contributed by atoms with Crippen LogP contribution in [0.1, 0.15) is 31.0 Å². The number of carbonyl (C=O) groups is 1. The summed E-state index contributed by atoms with van der Waals surface area (Å²) in [7, 11) is 1.81. The van der Waals surface area contributed by atoms with Crippen LogP contribution in [0.5, 0.6) is 0 Å². The van der Waals surface area contributed by atoms with E-state index in [1.807, 2.05) is 56.4 Å². The number of hydrogen-bond acceptors (Lipinski definition) is 5. The summed E-state index contributed by atoms with van der Waals surface area (Å²) in [5.74, 6) is 1.16. The summed E-state index contributed by atoms with van der Waals surface area (Å²) in [6.45, 7) is 6.80. The van der Waals surface area contributed by atoms with E-state index in [4.69, 9.17) is 0 Å². The van der Waals surface area contributed by atoms with Crippen LogP contribution in [-0.4, -0.2) is 35.8 Å². The van der Waals surface area contributed by atoms with Crippen molar-refractivity contribution in [2.45, 2.75) is 45.3 Å². The molecule has 0 saturated carbocycles. The average molecular weight is 491 g/mol. The minimum Gasteiger partial charge on any atom is -0.320 e. The number of aromatic nitrogens is 5. The smallest absolute Gasteiger partial charge is 0.295 e. The number of amides is 1. The topological polar surface area (TPSA) is 86.7 Å². The number of rotatable bonds is 9. The predicted molar refractivity (Wildman–Crippen MR) is 140 cm³/mol. The monoisotopic (exact) mass is 490 g/mol. The number of nitrogens with one attached hydrogen (secondary N) is 1. The van der Waals surface area contributed by atoms with E-state index in [-0.39, 0.29) is 17.9 Å². The molecule has 1 amide bonds. The Kier molecular flexibility index (Phi) is 7.55. The third-order valence-electron chi connectivity index (χ3n) is 5.82. The van der Waals surface area contributed by atoms with Crippen LogP contribution in [0.4, 0.5) is 5.69 Å². The van der Waals surface area contributed by atoms with Gasteiger partial charge in [-0.3, -0.25) is 14.3 Å². The van der Waals surface area contributed by atoms with Crippen molar-refractivity contribution in [3.05, 3.63) is 76.2 Å². The lowest BCUT2D eigenvalue weighted by atomic mass is 10.1. The fourth-order valence-electron chi connectivity index (χ4n) is 3.97. The van der Waals surface area contributed by atoms with Gasteiger partial charge in [0.15, 0.2) is 11.0 Å². The van der Waals surface area contributed by atoms with E-state index in [0.717, 1.165) is 35.2 Å². The first-order valence-electron chi connectivity index (χ1n) is 11.7. The van der Waals surface area contributed by atoms with Crippen molar-refractivity contribution in [3.63, 3.8) is 0 Å². The van der Waals surface area contributed by atoms with Gasteiger partial charge in [-0.05, 0) is 38.5 Å². The van der Waals surface area contributed by atoms with Crippen LogP contribution in [-0.2, 0) is 18.4 Å². The van der Waals surface area contributed by atoms with Crippen LogP contribution < -0.4 is 10.9 Å².